The molecule has 0 spiro atoms. The molecule has 17 rings (SSSR count). The van der Waals surface area contributed by atoms with E-state index in [0.29, 0.717) is 5.92 Å². The first-order valence-electron chi connectivity index (χ1n) is 28.3. The third kappa shape index (κ3) is 7.03. The molecule has 0 saturated carbocycles. The Bertz CT molecular complexity index is 5070. The molecule has 0 saturated heterocycles. The van der Waals surface area contributed by atoms with Crippen LogP contribution >= 0.6 is 0 Å². The molecule has 0 bridgehead atoms. The molecule has 384 valence electrons. The number of fused-ring (bicyclic) bond motifs is 18. The normalized spacial score (nSPS) is 13.1. The van der Waals surface area contributed by atoms with Gasteiger partial charge in [-0.2, -0.15) is 5.10 Å². The van der Waals surface area contributed by atoms with E-state index in [2.05, 4.69) is 264 Å². The Morgan fingerprint density at radius 1 is 0.346 bits per heavy atom. The fraction of sp³-hybridized carbons (Fsp3) is 0.0800. The van der Waals surface area contributed by atoms with E-state index in [9.17, 15) is 0 Å². The van der Waals surface area contributed by atoms with Crippen molar-refractivity contribution in [3.05, 3.63) is 254 Å². The molecule has 11 aromatic carbocycles. The van der Waals surface area contributed by atoms with Crippen LogP contribution in [0.15, 0.2) is 252 Å². The van der Waals surface area contributed by atoms with Crippen LogP contribution in [0.5, 0.6) is 0 Å². The number of furan rings is 2. The van der Waals surface area contributed by atoms with Crippen molar-refractivity contribution >= 4 is 115 Å². The summed E-state index contributed by atoms with van der Waals surface area (Å²) in [5, 5.41) is 17.9. The summed E-state index contributed by atoms with van der Waals surface area (Å²) in [5.74, 6) is 0.570. The molecule has 0 aliphatic rings. The predicted octanol–water partition coefficient (Wildman–Crippen LogP) is 20.7. The number of hydrogen-bond donors (Lipinski definition) is 0. The Kier molecular flexibility index (Phi) is 9.99. The maximum Gasteiger partial charge on any atom is 0.136 e. The Balaban J connectivity index is 0.778. The molecule has 17 aromatic rings. The molecule has 0 aliphatic heterocycles. The van der Waals surface area contributed by atoms with Crippen LogP contribution in [0.1, 0.15) is 49.7 Å². The molecular weight excluding hydrogens is 989 g/mol. The average molecular weight is 1040 g/mol. The molecular formula is C75H52N4O2. The van der Waals surface area contributed by atoms with E-state index in [4.69, 9.17) is 13.9 Å². The van der Waals surface area contributed by atoms with Crippen molar-refractivity contribution in [2.24, 2.45) is 0 Å². The maximum atomic E-state index is 6.77. The van der Waals surface area contributed by atoms with E-state index >= 15 is 0 Å². The van der Waals surface area contributed by atoms with Gasteiger partial charge in [-0.3, -0.25) is 0 Å². The topological polar surface area (TPSA) is 53.4 Å². The highest BCUT2D eigenvalue weighted by Crippen LogP contribution is 2.43. The summed E-state index contributed by atoms with van der Waals surface area (Å²) in [6.07, 6.45) is 3.91. The molecule has 2 atom stereocenters. The van der Waals surface area contributed by atoms with Gasteiger partial charge in [-0.05, 0) is 173 Å². The number of rotatable bonds is 9. The van der Waals surface area contributed by atoms with Crippen LogP contribution < -0.4 is 0 Å². The van der Waals surface area contributed by atoms with Crippen LogP contribution in [0.2, 0.25) is 0 Å². The van der Waals surface area contributed by atoms with Crippen molar-refractivity contribution in [3.63, 3.8) is 0 Å². The van der Waals surface area contributed by atoms with Crippen LogP contribution in [0.25, 0.3) is 148 Å². The van der Waals surface area contributed by atoms with Gasteiger partial charge in [0, 0.05) is 65.2 Å². The fourth-order valence-electron chi connectivity index (χ4n) is 13.8. The van der Waals surface area contributed by atoms with Crippen molar-refractivity contribution in [2.45, 2.75) is 38.5 Å². The second-order valence-electron chi connectivity index (χ2n) is 22.3. The molecule has 0 amide bonds. The van der Waals surface area contributed by atoms with Gasteiger partial charge in [0.1, 0.15) is 22.3 Å². The minimum absolute atomic E-state index is 0.234. The quantitative estimate of drug-likeness (QED) is 0.135. The lowest BCUT2D eigenvalue weighted by Crippen LogP contribution is -2.05. The Hall–Kier alpha value is -10.2. The summed E-state index contributed by atoms with van der Waals surface area (Å²) in [7, 11) is 0. The van der Waals surface area contributed by atoms with Gasteiger partial charge in [0.2, 0.25) is 0 Å². The lowest BCUT2D eigenvalue weighted by atomic mass is 9.82. The minimum atomic E-state index is 0.234. The van der Waals surface area contributed by atoms with E-state index in [0.717, 1.165) is 101 Å². The Morgan fingerprint density at radius 2 is 0.815 bits per heavy atom. The molecule has 6 heteroatoms. The smallest absolute Gasteiger partial charge is 0.136 e. The second-order valence-corrected chi connectivity index (χ2v) is 22.3. The summed E-state index contributed by atoms with van der Waals surface area (Å²) >= 11 is 0. The third-order valence-electron chi connectivity index (χ3n) is 17.8. The largest absolute Gasteiger partial charge is 0.456 e. The van der Waals surface area contributed by atoms with Gasteiger partial charge in [-0.1, -0.05) is 141 Å². The van der Waals surface area contributed by atoms with Crippen molar-refractivity contribution in [1.29, 1.82) is 0 Å². The van der Waals surface area contributed by atoms with Crippen molar-refractivity contribution in [2.75, 3.05) is 0 Å². The van der Waals surface area contributed by atoms with E-state index < -0.39 is 0 Å². The number of nitrogens with zero attached hydrogens (tertiary/aromatic N) is 4. The van der Waals surface area contributed by atoms with Gasteiger partial charge in [-0.15, -0.1) is 0 Å². The van der Waals surface area contributed by atoms with Crippen molar-refractivity contribution < 1.29 is 8.83 Å². The van der Waals surface area contributed by atoms with Crippen LogP contribution in [0, 0.1) is 0 Å². The zero-order valence-electron chi connectivity index (χ0n) is 44.8. The maximum absolute atomic E-state index is 6.77. The highest BCUT2D eigenvalue weighted by atomic mass is 16.3. The van der Waals surface area contributed by atoms with Crippen LogP contribution in [-0.4, -0.2) is 18.7 Å². The van der Waals surface area contributed by atoms with E-state index in [1.54, 1.807) is 0 Å². The first-order valence-corrected chi connectivity index (χ1v) is 28.3. The van der Waals surface area contributed by atoms with Gasteiger partial charge >= 0.3 is 0 Å². The van der Waals surface area contributed by atoms with Gasteiger partial charge in [0.25, 0.3) is 0 Å². The first-order chi connectivity index (χ1) is 40.0. The van der Waals surface area contributed by atoms with Gasteiger partial charge in [-0.25, -0.2) is 4.52 Å². The first kappa shape index (κ1) is 45.8. The second kappa shape index (κ2) is 17.7. The zero-order valence-corrected chi connectivity index (χ0v) is 44.8. The molecule has 0 N–H and O–H groups in total. The monoisotopic (exact) mass is 1040 g/mol. The zero-order chi connectivity index (χ0) is 53.4. The van der Waals surface area contributed by atoms with Crippen molar-refractivity contribution in [3.8, 4) is 33.6 Å². The third-order valence-corrected chi connectivity index (χ3v) is 17.8. The molecule has 2 unspecified atom stereocenters. The van der Waals surface area contributed by atoms with Gasteiger partial charge in [0.15, 0.2) is 0 Å². The van der Waals surface area contributed by atoms with Crippen LogP contribution in [0.4, 0.5) is 0 Å². The minimum Gasteiger partial charge on any atom is -0.456 e. The summed E-state index contributed by atoms with van der Waals surface area (Å²) in [6, 6.07) is 86.6. The lowest BCUT2D eigenvalue weighted by Gasteiger charge is -2.23. The van der Waals surface area contributed by atoms with Crippen LogP contribution in [-0.2, 0) is 0 Å². The Morgan fingerprint density at radius 3 is 1.32 bits per heavy atom. The number of benzene rings is 11. The van der Waals surface area contributed by atoms with E-state index in [1.807, 2.05) is 6.20 Å². The summed E-state index contributed by atoms with van der Waals surface area (Å²) in [4.78, 5) is 0. The lowest BCUT2D eigenvalue weighted by molar-refractivity contribution is 0.545. The van der Waals surface area contributed by atoms with Crippen molar-refractivity contribution in [1.82, 2.24) is 18.7 Å². The molecule has 6 aromatic heterocycles. The highest BCUT2D eigenvalue weighted by Gasteiger charge is 2.22. The SMILES string of the molecule is CCC(CC(C)c1cc(-c2ccc3c(c2)oc2ccc(-n4c5ccccc5c5ccccc54)cc23)cc(-c2ccc3c(c2)oc2ccc(-n4c5ccccc5c5ccccc54)cc23)c1)c1ccc2c(c1)c1ccccc1c1ccnn12. The molecule has 0 aliphatic carbocycles. The van der Waals surface area contributed by atoms with E-state index in [1.165, 1.54) is 70.9 Å². The molecule has 81 heavy (non-hydrogen) atoms. The summed E-state index contributed by atoms with van der Waals surface area (Å²) < 4.78 is 20.4. The average Bonchev–Trinajstić information content (AvgIpc) is 4.54. The van der Waals surface area contributed by atoms with E-state index in [-0.39, 0.29) is 5.92 Å². The molecule has 6 nitrogen and oxygen atoms in total. The van der Waals surface area contributed by atoms with Gasteiger partial charge in [0.05, 0.1) is 39.3 Å². The number of aromatic nitrogens is 4. The summed E-state index contributed by atoms with van der Waals surface area (Å²) in [6.45, 7) is 4.74. The van der Waals surface area contributed by atoms with Gasteiger partial charge < -0.3 is 18.0 Å². The number of para-hydroxylation sites is 4. The fourth-order valence-corrected chi connectivity index (χ4v) is 13.8. The molecule has 0 radical (unpaired) electrons. The summed E-state index contributed by atoms with van der Waals surface area (Å²) in [5.41, 5.74) is 19.9. The Labute approximate surface area is 465 Å². The molecule has 6 heterocycles. The predicted molar refractivity (Wildman–Crippen MR) is 337 cm³/mol. The molecule has 0 fully saturated rings. The standard InChI is InChI=1S/C75H52N4O2/c1-3-46(47-26-31-70-63(40-47)55-14-4-5-15-56(55)71-34-35-76-79(70)71)36-45(2)50-37-51(48-24-29-61-64-43-53(27-32-72(64)80-74(61)41-48)77-66-20-10-6-16-57(66)58-17-7-11-21-67(58)77)39-52(38-50)49-25-30-62-65-44-54(28-33-73(65)81-75(62)42-49)78-68-22-12-8-18-59(68)60-19-9-13-23-69(60)78/h4-35,37-46H,3,36H2,1-2H3. The van der Waals surface area contributed by atoms with Crippen LogP contribution in [0.3, 0.4) is 0 Å². The number of hydrogen-bond acceptors (Lipinski definition) is 3. The number of pyridine rings is 1. The highest BCUT2D eigenvalue weighted by molar-refractivity contribution is 6.14.